The number of fused-ring (bicyclic) bond motifs is 2. The van der Waals surface area contributed by atoms with Gasteiger partial charge in [-0.25, -0.2) is 0 Å². The molecule has 0 bridgehead atoms. The van der Waals surface area contributed by atoms with Crippen molar-refractivity contribution in [3.05, 3.63) is 48.6 Å². The highest BCUT2D eigenvalue weighted by atomic mass is 35.5. The van der Waals surface area contributed by atoms with Crippen LogP contribution in [0.25, 0.3) is 0 Å². The lowest BCUT2D eigenvalue weighted by molar-refractivity contribution is 0.445. The third-order valence-corrected chi connectivity index (χ3v) is 7.58. The van der Waals surface area contributed by atoms with E-state index in [1.807, 2.05) is 0 Å². The van der Waals surface area contributed by atoms with E-state index in [1.165, 1.54) is 25.7 Å². The van der Waals surface area contributed by atoms with Gasteiger partial charge in [0.25, 0.3) is 0 Å². The Hall–Kier alpha value is -0.395. The third-order valence-electron chi connectivity index (χ3n) is 6.58. The van der Waals surface area contributed by atoms with Crippen LogP contribution in [0.15, 0.2) is 48.6 Å². The minimum atomic E-state index is -1.32. The van der Waals surface area contributed by atoms with Crippen molar-refractivity contribution in [1.29, 1.82) is 0 Å². The average molecular weight is 334 g/mol. The van der Waals surface area contributed by atoms with E-state index in [4.69, 9.17) is 22.9 Å². The Labute approximate surface area is 144 Å². The van der Waals surface area contributed by atoms with Gasteiger partial charge in [-0.15, -0.1) is 12.1 Å². The summed E-state index contributed by atoms with van der Waals surface area (Å²) in [4.78, 5) is -1.32. The predicted octanol–water partition coefficient (Wildman–Crippen LogP) is 6.20. The maximum atomic E-state index is 7.00. The second-order valence-corrected chi connectivity index (χ2v) is 9.50. The summed E-state index contributed by atoms with van der Waals surface area (Å²) in [5.41, 5.74) is 0. The van der Waals surface area contributed by atoms with Crippen LogP contribution in [0.3, 0.4) is 0 Å². The van der Waals surface area contributed by atoms with Gasteiger partial charge in [-0.3, -0.25) is 0 Å². The molecule has 118 valence electrons. The molecule has 22 heavy (non-hydrogen) atoms. The summed E-state index contributed by atoms with van der Waals surface area (Å²) in [6.07, 6.45) is 24.3. The minimum Gasteiger partial charge on any atom is -0.368 e. The smallest absolute Gasteiger partial charge is 0.169 e. The molecule has 4 aliphatic rings. The lowest BCUT2D eigenvalue weighted by Crippen LogP contribution is -2.34. The Morgan fingerprint density at radius 3 is 2.09 bits per heavy atom. The number of rotatable bonds is 3. The van der Waals surface area contributed by atoms with E-state index in [0.717, 1.165) is 12.2 Å². The highest BCUT2D eigenvalue weighted by Gasteiger charge is 2.44. The molecule has 4 aliphatic carbocycles. The first-order valence-electron chi connectivity index (χ1n) is 8.89. The standard InChI is InChI=1S/C19H24BCl2/c21-20(22,19-12-11-15-6-2-4-8-18(15)19)13-16-10-9-14-5-1-3-7-17(14)16/h1-8,14-19H,9-13H2/q-1. The molecule has 3 heteroatoms. The fourth-order valence-corrected chi connectivity index (χ4v) is 6.53. The molecular formula is C19H24BCl2-. The lowest BCUT2D eigenvalue weighted by Gasteiger charge is -2.41. The normalized spacial score (nSPS) is 42.6. The van der Waals surface area contributed by atoms with Crippen LogP contribution in [0, 0.1) is 29.6 Å². The summed E-state index contributed by atoms with van der Waals surface area (Å²) >= 11 is 14.0. The molecule has 0 nitrogen and oxygen atoms in total. The number of halogens is 2. The van der Waals surface area contributed by atoms with Crippen molar-refractivity contribution < 1.29 is 0 Å². The molecule has 2 fully saturated rings. The van der Waals surface area contributed by atoms with E-state index in [2.05, 4.69) is 48.6 Å². The summed E-state index contributed by atoms with van der Waals surface area (Å²) in [6, 6.07) is 0. The van der Waals surface area contributed by atoms with Gasteiger partial charge in [0.1, 0.15) is 0 Å². The van der Waals surface area contributed by atoms with Crippen molar-refractivity contribution in [2.75, 3.05) is 0 Å². The second-order valence-electron chi connectivity index (χ2n) is 7.72. The second kappa shape index (κ2) is 5.91. The van der Waals surface area contributed by atoms with Crippen molar-refractivity contribution in [1.82, 2.24) is 0 Å². The lowest BCUT2D eigenvalue weighted by atomic mass is 9.50. The van der Waals surface area contributed by atoms with Crippen molar-refractivity contribution in [2.24, 2.45) is 29.6 Å². The Bertz CT molecular complexity index is 546. The van der Waals surface area contributed by atoms with Crippen LogP contribution in [0.4, 0.5) is 0 Å². The highest BCUT2D eigenvalue weighted by molar-refractivity contribution is 7.46. The van der Waals surface area contributed by atoms with Crippen LogP contribution < -0.4 is 0 Å². The van der Waals surface area contributed by atoms with Crippen LogP contribution in [0.1, 0.15) is 25.7 Å². The van der Waals surface area contributed by atoms with E-state index in [0.29, 0.717) is 29.5 Å². The molecular weight excluding hydrogens is 310 g/mol. The molecule has 0 aromatic heterocycles. The van der Waals surface area contributed by atoms with Crippen LogP contribution in [0.5, 0.6) is 0 Å². The van der Waals surface area contributed by atoms with Crippen molar-refractivity contribution >= 4 is 27.9 Å². The van der Waals surface area contributed by atoms with Gasteiger partial charge < -0.3 is 22.9 Å². The van der Waals surface area contributed by atoms with Gasteiger partial charge in [0, 0.05) is 0 Å². The molecule has 0 aromatic carbocycles. The zero-order valence-electron chi connectivity index (χ0n) is 13.0. The molecule has 0 heterocycles. The van der Waals surface area contributed by atoms with E-state index in [9.17, 15) is 0 Å². The van der Waals surface area contributed by atoms with Crippen molar-refractivity contribution in [3.63, 3.8) is 0 Å². The van der Waals surface area contributed by atoms with Gasteiger partial charge in [-0.1, -0.05) is 67.4 Å². The van der Waals surface area contributed by atoms with Crippen LogP contribution >= 0.6 is 22.9 Å². The van der Waals surface area contributed by atoms with Gasteiger partial charge in [0.05, 0.1) is 0 Å². The topological polar surface area (TPSA) is 0 Å². The molecule has 6 unspecified atom stereocenters. The molecule has 0 spiro atoms. The van der Waals surface area contributed by atoms with Gasteiger partial charge in [0.2, 0.25) is 0 Å². The molecule has 0 saturated heterocycles. The molecule has 4 rings (SSSR count). The van der Waals surface area contributed by atoms with Crippen LogP contribution in [0.2, 0.25) is 12.1 Å². The maximum absolute atomic E-state index is 7.00. The van der Waals surface area contributed by atoms with Crippen LogP contribution in [-0.2, 0) is 0 Å². The fourth-order valence-electron chi connectivity index (χ4n) is 5.48. The Morgan fingerprint density at radius 2 is 1.32 bits per heavy atom. The van der Waals surface area contributed by atoms with E-state index < -0.39 is 4.98 Å². The van der Waals surface area contributed by atoms with E-state index >= 15 is 0 Å². The predicted molar refractivity (Wildman–Crippen MR) is 98.5 cm³/mol. The van der Waals surface area contributed by atoms with Gasteiger partial charge >= 0.3 is 0 Å². The first-order valence-corrected chi connectivity index (χ1v) is 9.76. The molecule has 0 aliphatic heterocycles. The molecule has 0 radical (unpaired) electrons. The number of hydrogen-bond donors (Lipinski definition) is 0. The summed E-state index contributed by atoms with van der Waals surface area (Å²) in [5, 5.41) is 0. The largest absolute Gasteiger partial charge is 0.368 e. The monoisotopic (exact) mass is 333 g/mol. The summed E-state index contributed by atoms with van der Waals surface area (Å²) in [6.45, 7) is 0. The van der Waals surface area contributed by atoms with Gasteiger partial charge in [0.15, 0.2) is 4.98 Å². The highest BCUT2D eigenvalue weighted by Crippen LogP contribution is 2.56. The quantitative estimate of drug-likeness (QED) is 0.539. The molecule has 2 saturated carbocycles. The van der Waals surface area contributed by atoms with E-state index in [-0.39, 0.29) is 0 Å². The SMILES string of the molecule is Cl[B-](Cl)(CC1CCC2C=CC=CC21)C1CCC2C=CC=CC21. The summed E-state index contributed by atoms with van der Waals surface area (Å²) < 4.78 is 0. The Balaban J connectivity index is 1.48. The fraction of sp³-hybridized carbons (Fsp3) is 0.579. The van der Waals surface area contributed by atoms with E-state index in [1.54, 1.807) is 0 Å². The molecule has 0 aromatic rings. The molecule has 0 N–H and O–H groups in total. The Kier molecular flexibility index (Phi) is 4.07. The first kappa shape index (κ1) is 15.2. The average Bonchev–Trinajstić information content (AvgIpc) is 3.12. The first-order chi connectivity index (χ1) is 10.6. The number of allylic oxidation sites excluding steroid dienone is 8. The number of hydrogen-bond acceptors (Lipinski definition) is 0. The van der Waals surface area contributed by atoms with Gasteiger partial charge in [-0.2, -0.15) is 0 Å². The zero-order valence-corrected chi connectivity index (χ0v) is 14.5. The molecule has 0 amide bonds. The van der Waals surface area contributed by atoms with Crippen molar-refractivity contribution in [2.45, 2.75) is 37.8 Å². The summed E-state index contributed by atoms with van der Waals surface area (Å²) in [5.74, 6) is 3.77. The third kappa shape index (κ3) is 2.65. The zero-order chi connectivity index (χ0) is 15.2. The summed E-state index contributed by atoms with van der Waals surface area (Å²) in [7, 11) is 0. The minimum absolute atomic E-state index is 0.469. The Morgan fingerprint density at radius 1 is 0.727 bits per heavy atom. The van der Waals surface area contributed by atoms with Crippen molar-refractivity contribution in [3.8, 4) is 0 Å². The van der Waals surface area contributed by atoms with Gasteiger partial charge in [-0.05, 0) is 36.5 Å². The molecule has 6 atom stereocenters. The van der Waals surface area contributed by atoms with Crippen LogP contribution in [-0.4, -0.2) is 4.98 Å². The maximum Gasteiger partial charge on any atom is 0.169 e.